The Kier molecular flexibility index (Phi) is 6.51. The second-order valence-corrected chi connectivity index (χ2v) is 4.12. The van der Waals surface area contributed by atoms with Crippen molar-refractivity contribution < 1.29 is 49.1 Å². The third kappa shape index (κ3) is 4.38. The first-order valence-corrected chi connectivity index (χ1v) is 5.49. The molecule has 0 saturated heterocycles. The molecule has 0 aromatic carbocycles. The summed E-state index contributed by atoms with van der Waals surface area (Å²) < 4.78 is 112. The molecule has 0 aliphatic heterocycles. The van der Waals surface area contributed by atoms with Crippen LogP contribution in [0.2, 0.25) is 0 Å². The first-order chi connectivity index (χ1) is 9.70. The second kappa shape index (κ2) is 6.89. The zero-order valence-corrected chi connectivity index (χ0v) is 10.6. The Balaban J connectivity index is 4.75. The molecule has 4 nitrogen and oxygen atoms in total. The summed E-state index contributed by atoms with van der Waals surface area (Å²) in [6, 6.07) is 0. The van der Waals surface area contributed by atoms with Gasteiger partial charge in [0.1, 0.15) is 6.61 Å². The zero-order chi connectivity index (χ0) is 17.8. The van der Waals surface area contributed by atoms with Gasteiger partial charge in [-0.1, -0.05) is 0 Å². The minimum atomic E-state index is -6.90. The molecule has 1 amide bonds. The van der Waals surface area contributed by atoms with Crippen LogP contribution in [0.1, 0.15) is 12.8 Å². The van der Waals surface area contributed by atoms with Crippen LogP contribution in [0.3, 0.4) is 0 Å². The summed E-state index contributed by atoms with van der Waals surface area (Å²) in [5, 5.41) is 1.84. The summed E-state index contributed by atoms with van der Waals surface area (Å²) >= 11 is 0. The molecule has 0 spiro atoms. The summed E-state index contributed by atoms with van der Waals surface area (Å²) in [6.07, 6.45) is -9.82. The van der Waals surface area contributed by atoms with E-state index in [2.05, 4.69) is 10.7 Å². The lowest BCUT2D eigenvalue weighted by Crippen LogP contribution is -2.60. The van der Waals surface area contributed by atoms with E-state index < -0.39 is 55.8 Å². The first-order valence-electron chi connectivity index (χ1n) is 5.49. The SMILES string of the molecule is NOCC(=O)NCCCC(F)(F)C(F)(F)C(F)(F)C(F)(F)F. The van der Waals surface area contributed by atoms with Crippen molar-refractivity contribution in [2.24, 2.45) is 5.90 Å². The van der Waals surface area contributed by atoms with E-state index in [4.69, 9.17) is 0 Å². The van der Waals surface area contributed by atoms with Gasteiger partial charge in [-0.2, -0.15) is 39.5 Å². The van der Waals surface area contributed by atoms with Crippen LogP contribution in [-0.2, 0) is 9.63 Å². The second-order valence-electron chi connectivity index (χ2n) is 4.12. The molecule has 0 aliphatic carbocycles. The van der Waals surface area contributed by atoms with E-state index in [1.54, 1.807) is 0 Å². The molecule has 0 heterocycles. The number of amides is 1. The summed E-state index contributed by atoms with van der Waals surface area (Å²) in [6.45, 7) is -1.36. The Bertz CT molecular complexity index is 384. The first kappa shape index (κ1) is 20.8. The maximum atomic E-state index is 13.0. The molecular weight excluding hydrogens is 339 g/mol. The molecule has 0 bridgehead atoms. The molecule has 0 fully saturated rings. The molecule has 3 N–H and O–H groups in total. The maximum absolute atomic E-state index is 13.0. The van der Waals surface area contributed by atoms with E-state index in [-0.39, 0.29) is 0 Å². The topological polar surface area (TPSA) is 64.3 Å². The van der Waals surface area contributed by atoms with Crippen molar-refractivity contribution in [3.05, 3.63) is 0 Å². The molecule has 0 unspecified atom stereocenters. The quantitative estimate of drug-likeness (QED) is 0.401. The number of alkyl halides is 9. The Morgan fingerprint density at radius 2 is 1.45 bits per heavy atom. The van der Waals surface area contributed by atoms with E-state index >= 15 is 0 Å². The van der Waals surface area contributed by atoms with Gasteiger partial charge in [0.2, 0.25) is 5.91 Å². The number of carbonyl (C=O) groups excluding carboxylic acids is 1. The predicted octanol–water partition coefficient (Wildman–Crippen LogP) is 2.24. The Hall–Kier alpha value is -1.24. The minimum absolute atomic E-state index is 0.675. The standard InChI is InChI=1S/C9H11F9N2O2/c10-6(11,2-1-3-20-5(21)4-22-19)7(12,13)8(14,15)9(16,17)18/h1-4,19H2,(H,20,21). The van der Waals surface area contributed by atoms with Gasteiger partial charge in [-0.15, -0.1) is 0 Å². The zero-order valence-electron chi connectivity index (χ0n) is 10.6. The highest BCUT2D eigenvalue weighted by Gasteiger charge is 2.81. The molecule has 0 saturated carbocycles. The fourth-order valence-corrected chi connectivity index (χ4v) is 1.23. The number of rotatable bonds is 8. The van der Waals surface area contributed by atoms with Crippen LogP contribution >= 0.6 is 0 Å². The van der Waals surface area contributed by atoms with Gasteiger partial charge < -0.3 is 5.32 Å². The van der Waals surface area contributed by atoms with Gasteiger partial charge in [0.05, 0.1) is 0 Å². The average Bonchev–Trinajstić information content (AvgIpc) is 2.33. The van der Waals surface area contributed by atoms with Gasteiger partial charge in [-0.25, -0.2) is 5.90 Å². The van der Waals surface area contributed by atoms with Crippen molar-refractivity contribution in [2.45, 2.75) is 36.8 Å². The van der Waals surface area contributed by atoms with Crippen molar-refractivity contribution in [2.75, 3.05) is 13.2 Å². The number of nitrogens with one attached hydrogen (secondary N) is 1. The summed E-state index contributed by atoms with van der Waals surface area (Å²) in [7, 11) is 0. The van der Waals surface area contributed by atoms with Crippen LogP contribution in [0.25, 0.3) is 0 Å². The number of halogens is 9. The molecule has 0 radical (unpaired) electrons. The van der Waals surface area contributed by atoms with Crippen LogP contribution in [0, 0.1) is 0 Å². The molecule has 132 valence electrons. The summed E-state index contributed by atoms with van der Waals surface area (Å²) in [5.74, 6) is -15.6. The molecule has 13 heteroatoms. The number of hydrogen-bond donors (Lipinski definition) is 2. The van der Waals surface area contributed by atoms with Crippen LogP contribution in [0.15, 0.2) is 0 Å². The van der Waals surface area contributed by atoms with Crippen LogP contribution < -0.4 is 11.2 Å². The van der Waals surface area contributed by atoms with Gasteiger partial charge >= 0.3 is 23.9 Å². The molecule has 0 aliphatic rings. The third-order valence-corrected chi connectivity index (χ3v) is 2.41. The van der Waals surface area contributed by atoms with E-state index in [1.807, 2.05) is 5.32 Å². The minimum Gasteiger partial charge on any atom is -0.354 e. The summed E-state index contributed by atoms with van der Waals surface area (Å²) in [5.41, 5.74) is 0. The highest BCUT2D eigenvalue weighted by molar-refractivity contribution is 5.77. The van der Waals surface area contributed by atoms with Gasteiger partial charge in [-0.05, 0) is 6.42 Å². The van der Waals surface area contributed by atoms with Crippen LogP contribution in [-0.4, -0.2) is 43.0 Å². The highest BCUT2D eigenvalue weighted by atomic mass is 19.4. The molecule has 0 aromatic rings. The van der Waals surface area contributed by atoms with E-state index in [0.29, 0.717) is 0 Å². The van der Waals surface area contributed by atoms with Crippen molar-refractivity contribution in [3.63, 3.8) is 0 Å². The lowest BCUT2D eigenvalue weighted by molar-refractivity contribution is -0.396. The third-order valence-electron chi connectivity index (χ3n) is 2.41. The fraction of sp³-hybridized carbons (Fsp3) is 0.889. The molecule has 22 heavy (non-hydrogen) atoms. The van der Waals surface area contributed by atoms with Crippen molar-refractivity contribution >= 4 is 5.91 Å². The highest BCUT2D eigenvalue weighted by Crippen LogP contribution is 2.54. The lowest BCUT2D eigenvalue weighted by atomic mass is 9.99. The van der Waals surface area contributed by atoms with Gasteiger partial charge in [-0.3, -0.25) is 9.63 Å². The summed E-state index contributed by atoms with van der Waals surface area (Å²) in [4.78, 5) is 14.6. The molecular formula is C9H11F9N2O2. The number of carbonyl (C=O) groups is 1. The monoisotopic (exact) mass is 350 g/mol. The molecule has 0 aromatic heterocycles. The Labute approximate surface area is 117 Å². The van der Waals surface area contributed by atoms with E-state index in [1.165, 1.54) is 0 Å². The van der Waals surface area contributed by atoms with Crippen LogP contribution in [0.5, 0.6) is 0 Å². The average molecular weight is 350 g/mol. The van der Waals surface area contributed by atoms with Crippen molar-refractivity contribution in [1.29, 1.82) is 0 Å². The largest absolute Gasteiger partial charge is 0.460 e. The van der Waals surface area contributed by atoms with Crippen LogP contribution in [0.4, 0.5) is 39.5 Å². The predicted molar refractivity (Wildman–Crippen MR) is 53.3 cm³/mol. The Morgan fingerprint density at radius 1 is 0.955 bits per heavy atom. The smallest absolute Gasteiger partial charge is 0.354 e. The van der Waals surface area contributed by atoms with E-state index in [0.717, 1.165) is 0 Å². The molecule has 0 rings (SSSR count). The maximum Gasteiger partial charge on any atom is 0.460 e. The number of nitrogens with two attached hydrogens (primary N) is 1. The Morgan fingerprint density at radius 3 is 1.86 bits per heavy atom. The van der Waals surface area contributed by atoms with Crippen molar-refractivity contribution in [1.82, 2.24) is 5.32 Å². The fourth-order valence-electron chi connectivity index (χ4n) is 1.23. The van der Waals surface area contributed by atoms with Gasteiger partial charge in [0, 0.05) is 13.0 Å². The molecule has 0 atom stereocenters. The lowest BCUT2D eigenvalue weighted by Gasteiger charge is -2.33. The van der Waals surface area contributed by atoms with Gasteiger partial charge in [0.25, 0.3) is 0 Å². The van der Waals surface area contributed by atoms with Gasteiger partial charge in [0.15, 0.2) is 0 Å². The normalized spacial score (nSPS) is 14.1. The van der Waals surface area contributed by atoms with Crippen molar-refractivity contribution in [3.8, 4) is 0 Å². The number of hydrogen-bond acceptors (Lipinski definition) is 3. The van der Waals surface area contributed by atoms with E-state index in [9.17, 15) is 44.3 Å².